The topological polar surface area (TPSA) is 103 Å². The number of ether oxygens (including phenoxy) is 1. The molecule has 0 saturated heterocycles. The van der Waals surface area contributed by atoms with E-state index in [-0.39, 0.29) is 0 Å². The fraction of sp³-hybridized carbons (Fsp3) is 0.0769. The molecule has 0 spiro atoms. The van der Waals surface area contributed by atoms with E-state index in [0.717, 1.165) is 11.4 Å². The molecule has 19 heavy (non-hydrogen) atoms. The number of primary amides is 1. The Morgan fingerprint density at radius 1 is 1.26 bits per heavy atom. The zero-order chi connectivity index (χ0) is 13.7. The van der Waals surface area contributed by atoms with Gasteiger partial charge in [0.15, 0.2) is 0 Å². The number of pyridine rings is 1. The Morgan fingerprint density at radius 2 is 2.00 bits per heavy atom. The third-order valence-corrected chi connectivity index (χ3v) is 2.51. The molecule has 1 aromatic carbocycles. The maximum Gasteiger partial charge on any atom is 0.248 e. The maximum absolute atomic E-state index is 10.9. The first kappa shape index (κ1) is 12.8. The van der Waals surface area contributed by atoms with Gasteiger partial charge < -0.3 is 15.9 Å². The van der Waals surface area contributed by atoms with Crippen LogP contribution in [0.1, 0.15) is 16.1 Å². The molecule has 1 heterocycles. The number of hydrazine groups is 1. The van der Waals surface area contributed by atoms with Crippen LogP contribution in [0.3, 0.4) is 0 Å². The normalized spacial score (nSPS) is 9.95. The predicted octanol–water partition coefficient (Wildman–Crippen LogP) is 1.05. The zero-order valence-electron chi connectivity index (χ0n) is 10.2. The van der Waals surface area contributed by atoms with Crippen LogP contribution >= 0.6 is 0 Å². The van der Waals surface area contributed by atoms with E-state index >= 15 is 0 Å². The Hall–Kier alpha value is -2.60. The number of nitrogens with two attached hydrogens (primary N) is 2. The lowest BCUT2D eigenvalue weighted by Gasteiger charge is -2.07. The molecule has 0 saturated carbocycles. The van der Waals surface area contributed by atoms with Crippen LogP contribution in [0, 0.1) is 0 Å². The standard InChI is InChI=1S/C13H14N4O2/c14-13(18)9-1-3-12(4-2-9)19-8-11-7-10(17-15)5-6-16-11/h1-7H,8,15H2,(H2,14,18)(H,16,17). The molecule has 0 unspecified atom stereocenters. The highest BCUT2D eigenvalue weighted by Crippen LogP contribution is 2.14. The van der Waals surface area contributed by atoms with Crippen molar-refractivity contribution in [3.63, 3.8) is 0 Å². The number of benzene rings is 1. The number of carbonyl (C=O) groups is 1. The molecular weight excluding hydrogens is 244 g/mol. The lowest BCUT2D eigenvalue weighted by molar-refractivity contribution is 0.100. The first-order valence-electron chi connectivity index (χ1n) is 5.63. The minimum Gasteiger partial charge on any atom is -0.487 e. The highest BCUT2D eigenvalue weighted by Gasteiger charge is 2.01. The minimum atomic E-state index is -0.463. The molecular formula is C13H14N4O2. The molecule has 2 aromatic rings. The summed E-state index contributed by atoms with van der Waals surface area (Å²) in [4.78, 5) is 15.1. The lowest BCUT2D eigenvalue weighted by atomic mass is 10.2. The summed E-state index contributed by atoms with van der Waals surface area (Å²) in [5.41, 5.74) is 9.64. The average molecular weight is 258 g/mol. The summed E-state index contributed by atoms with van der Waals surface area (Å²) in [6, 6.07) is 10.1. The van der Waals surface area contributed by atoms with Crippen molar-refractivity contribution in [1.82, 2.24) is 4.98 Å². The van der Waals surface area contributed by atoms with Crippen molar-refractivity contribution >= 4 is 11.6 Å². The van der Waals surface area contributed by atoms with Gasteiger partial charge in [-0.3, -0.25) is 15.6 Å². The van der Waals surface area contributed by atoms with Crippen LogP contribution in [-0.4, -0.2) is 10.9 Å². The number of nitrogens with zero attached hydrogens (tertiary/aromatic N) is 1. The summed E-state index contributed by atoms with van der Waals surface area (Å²) < 4.78 is 5.54. The van der Waals surface area contributed by atoms with Crippen molar-refractivity contribution in [3.05, 3.63) is 53.9 Å². The van der Waals surface area contributed by atoms with E-state index in [1.165, 1.54) is 0 Å². The van der Waals surface area contributed by atoms with Crippen LogP contribution in [0.15, 0.2) is 42.6 Å². The Bertz CT molecular complexity index is 569. The van der Waals surface area contributed by atoms with Crippen LogP contribution in [-0.2, 0) is 6.61 Å². The molecule has 0 aliphatic heterocycles. The van der Waals surface area contributed by atoms with Gasteiger partial charge in [-0.05, 0) is 36.4 Å². The molecule has 0 aliphatic carbocycles. The predicted molar refractivity (Wildman–Crippen MR) is 71.3 cm³/mol. The van der Waals surface area contributed by atoms with Gasteiger partial charge >= 0.3 is 0 Å². The van der Waals surface area contributed by atoms with Crippen LogP contribution < -0.4 is 21.7 Å². The molecule has 6 heteroatoms. The molecule has 0 aliphatic rings. The smallest absolute Gasteiger partial charge is 0.248 e. The van der Waals surface area contributed by atoms with Gasteiger partial charge in [-0.1, -0.05) is 0 Å². The molecule has 0 atom stereocenters. The number of hydrogen-bond acceptors (Lipinski definition) is 5. The SMILES string of the molecule is NNc1ccnc(COc2ccc(C(N)=O)cc2)c1. The van der Waals surface area contributed by atoms with Crippen molar-refractivity contribution in [2.75, 3.05) is 5.43 Å². The first-order valence-corrected chi connectivity index (χ1v) is 5.63. The van der Waals surface area contributed by atoms with E-state index in [2.05, 4.69) is 10.4 Å². The van der Waals surface area contributed by atoms with Gasteiger partial charge in [0.2, 0.25) is 5.91 Å². The lowest BCUT2D eigenvalue weighted by Crippen LogP contribution is -2.10. The van der Waals surface area contributed by atoms with Crippen LogP contribution in [0.4, 0.5) is 5.69 Å². The van der Waals surface area contributed by atoms with Gasteiger partial charge in [-0.15, -0.1) is 0 Å². The van der Waals surface area contributed by atoms with E-state index < -0.39 is 5.91 Å². The van der Waals surface area contributed by atoms with Crippen molar-refractivity contribution in [2.24, 2.45) is 11.6 Å². The summed E-state index contributed by atoms with van der Waals surface area (Å²) in [6.45, 7) is 0.311. The molecule has 5 N–H and O–H groups in total. The molecule has 1 amide bonds. The molecule has 0 bridgehead atoms. The third-order valence-electron chi connectivity index (χ3n) is 2.51. The number of carbonyl (C=O) groups excluding carboxylic acids is 1. The van der Waals surface area contributed by atoms with E-state index in [0.29, 0.717) is 17.9 Å². The summed E-state index contributed by atoms with van der Waals surface area (Å²) in [6.07, 6.45) is 1.64. The Labute approximate surface area is 110 Å². The number of nitrogen functional groups attached to an aromatic ring is 1. The minimum absolute atomic E-state index is 0.311. The fourth-order valence-electron chi connectivity index (χ4n) is 1.52. The van der Waals surface area contributed by atoms with E-state index in [4.69, 9.17) is 16.3 Å². The highest BCUT2D eigenvalue weighted by molar-refractivity contribution is 5.92. The molecule has 0 radical (unpaired) electrons. The fourth-order valence-corrected chi connectivity index (χ4v) is 1.52. The third kappa shape index (κ3) is 3.43. The van der Waals surface area contributed by atoms with Crippen molar-refractivity contribution in [1.29, 1.82) is 0 Å². The highest BCUT2D eigenvalue weighted by atomic mass is 16.5. The number of hydrogen-bond donors (Lipinski definition) is 3. The number of anilines is 1. The van der Waals surface area contributed by atoms with Crippen LogP contribution in [0.2, 0.25) is 0 Å². The quantitative estimate of drug-likeness (QED) is 0.549. The van der Waals surface area contributed by atoms with E-state index in [1.54, 1.807) is 42.6 Å². The van der Waals surface area contributed by atoms with E-state index in [9.17, 15) is 4.79 Å². The van der Waals surface area contributed by atoms with Gasteiger partial charge in [-0.2, -0.15) is 0 Å². The average Bonchev–Trinajstić information content (AvgIpc) is 2.46. The van der Waals surface area contributed by atoms with Gasteiger partial charge in [0, 0.05) is 11.8 Å². The van der Waals surface area contributed by atoms with E-state index in [1.807, 2.05) is 0 Å². The van der Waals surface area contributed by atoms with Gasteiger partial charge in [0.05, 0.1) is 11.4 Å². The van der Waals surface area contributed by atoms with Gasteiger partial charge in [-0.25, -0.2) is 0 Å². The summed E-state index contributed by atoms with van der Waals surface area (Å²) in [5.74, 6) is 5.48. The number of amides is 1. The van der Waals surface area contributed by atoms with Gasteiger partial charge in [0.25, 0.3) is 0 Å². The number of rotatable bonds is 5. The summed E-state index contributed by atoms with van der Waals surface area (Å²) in [7, 11) is 0. The Kier molecular flexibility index (Phi) is 3.94. The largest absolute Gasteiger partial charge is 0.487 e. The van der Waals surface area contributed by atoms with Crippen molar-refractivity contribution in [2.45, 2.75) is 6.61 Å². The van der Waals surface area contributed by atoms with Crippen LogP contribution in [0.25, 0.3) is 0 Å². The Morgan fingerprint density at radius 3 is 2.63 bits per heavy atom. The summed E-state index contributed by atoms with van der Waals surface area (Å²) in [5, 5.41) is 0. The zero-order valence-corrected chi connectivity index (χ0v) is 10.2. The maximum atomic E-state index is 10.9. The monoisotopic (exact) mass is 258 g/mol. The number of aromatic nitrogens is 1. The molecule has 2 rings (SSSR count). The molecule has 0 fully saturated rings. The summed E-state index contributed by atoms with van der Waals surface area (Å²) >= 11 is 0. The Balaban J connectivity index is 1.99. The molecule has 6 nitrogen and oxygen atoms in total. The van der Waals surface area contributed by atoms with Gasteiger partial charge in [0.1, 0.15) is 12.4 Å². The second kappa shape index (κ2) is 5.83. The van der Waals surface area contributed by atoms with Crippen molar-refractivity contribution < 1.29 is 9.53 Å². The second-order valence-corrected chi connectivity index (χ2v) is 3.86. The van der Waals surface area contributed by atoms with Crippen molar-refractivity contribution in [3.8, 4) is 5.75 Å². The first-order chi connectivity index (χ1) is 9.19. The van der Waals surface area contributed by atoms with Crippen LogP contribution in [0.5, 0.6) is 5.75 Å². The second-order valence-electron chi connectivity index (χ2n) is 3.86. The number of nitrogens with one attached hydrogen (secondary N) is 1. The molecule has 98 valence electrons. The molecule has 1 aromatic heterocycles.